The number of amides is 1. The average molecular weight is 370 g/mol. The van der Waals surface area contributed by atoms with E-state index >= 15 is 0 Å². The molecular formula is C16H22N2O6S. The van der Waals surface area contributed by atoms with E-state index in [1.54, 1.807) is 12.1 Å². The Hall–Kier alpha value is -1.97. The number of hydrogen-bond acceptors (Lipinski definition) is 5. The molecule has 2 rings (SSSR count). The molecule has 25 heavy (non-hydrogen) atoms. The number of benzene rings is 1. The van der Waals surface area contributed by atoms with Crippen LogP contribution in [0.25, 0.3) is 0 Å². The SMILES string of the molecule is C[C@H](NC(=O)CCc1ccc(S(=O)(=O)N2CCOCC2)cc1)C(=O)O. The number of carboxylic acids is 1. The molecule has 0 bridgehead atoms. The van der Waals surface area contributed by atoms with Crippen molar-refractivity contribution in [2.75, 3.05) is 26.3 Å². The quantitative estimate of drug-likeness (QED) is 0.710. The van der Waals surface area contributed by atoms with Gasteiger partial charge in [-0.3, -0.25) is 9.59 Å². The number of carbonyl (C=O) groups is 2. The van der Waals surface area contributed by atoms with Crippen molar-refractivity contribution in [1.82, 2.24) is 9.62 Å². The van der Waals surface area contributed by atoms with Crippen LogP contribution in [0.1, 0.15) is 18.9 Å². The molecule has 1 aromatic carbocycles. The largest absolute Gasteiger partial charge is 0.480 e. The van der Waals surface area contributed by atoms with E-state index in [1.807, 2.05) is 0 Å². The Balaban J connectivity index is 1.93. The van der Waals surface area contributed by atoms with E-state index < -0.39 is 22.0 Å². The fourth-order valence-corrected chi connectivity index (χ4v) is 3.81. The second kappa shape index (κ2) is 8.41. The predicted molar refractivity (Wildman–Crippen MR) is 89.6 cm³/mol. The third kappa shape index (κ3) is 5.25. The molecule has 1 fully saturated rings. The van der Waals surface area contributed by atoms with E-state index in [9.17, 15) is 18.0 Å². The molecule has 0 saturated carbocycles. The van der Waals surface area contributed by atoms with Crippen molar-refractivity contribution in [2.45, 2.75) is 30.7 Å². The Morgan fingerprint density at radius 3 is 2.40 bits per heavy atom. The molecule has 1 aromatic rings. The minimum atomic E-state index is -3.53. The fraction of sp³-hybridized carbons (Fsp3) is 0.500. The molecular weight excluding hydrogens is 348 g/mol. The number of rotatable bonds is 7. The lowest BCUT2D eigenvalue weighted by Gasteiger charge is -2.26. The Morgan fingerprint density at radius 1 is 1.24 bits per heavy atom. The highest BCUT2D eigenvalue weighted by Gasteiger charge is 2.26. The molecule has 0 aromatic heterocycles. The highest BCUT2D eigenvalue weighted by Crippen LogP contribution is 2.18. The number of hydrogen-bond donors (Lipinski definition) is 2. The topological polar surface area (TPSA) is 113 Å². The summed E-state index contributed by atoms with van der Waals surface area (Å²) in [6.45, 7) is 2.85. The summed E-state index contributed by atoms with van der Waals surface area (Å²) in [7, 11) is -3.53. The van der Waals surface area contributed by atoms with Gasteiger partial charge in [-0.1, -0.05) is 12.1 Å². The van der Waals surface area contributed by atoms with Gasteiger partial charge in [0.05, 0.1) is 18.1 Å². The molecule has 1 atom stereocenters. The first-order chi connectivity index (χ1) is 11.8. The first kappa shape index (κ1) is 19.4. The molecule has 0 spiro atoms. The van der Waals surface area contributed by atoms with Crippen LogP contribution in [0.2, 0.25) is 0 Å². The van der Waals surface area contributed by atoms with Crippen LogP contribution in [0, 0.1) is 0 Å². The molecule has 138 valence electrons. The monoisotopic (exact) mass is 370 g/mol. The highest BCUT2D eigenvalue weighted by atomic mass is 32.2. The fourth-order valence-electron chi connectivity index (χ4n) is 2.40. The van der Waals surface area contributed by atoms with Gasteiger partial charge in [0.1, 0.15) is 6.04 Å². The second-order valence-corrected chi connectivity index (χ2v) is 7.73. The van der Waals surface area contributed by atoms with Crippen LogP contribution >= 0.6 is 0 Å². The predicted octanol–water partition coefficient (Wildman–Crippen LogP) is 0.229. The minimum Gasteiger partial charge on any atom is -0.480 e. The molecule has 1 amide bonds. The minimum absolute atomic E-state index is 0.132. The molecule has 0 aliphatic carbocycles. The number of nitrogens with zero attached hydrogens (tertiary/aromatic N) is 1. The molecule has 0 unspecified atom stereocenters. The Bertz CT molecular complexity index is 711. The Kier molecular flexibility index (Phi) is 6.51. The smallest absolute Gasteiger partial charge is 0.325 e. The maximum atomic E-state index is 12.5. The van der Waals surface area contributed by atoms with Gasteiger partial charge < -0.3 is 15.2 Å². The first-order valence-electron chi connectivity index (χ1n) is 7.99. The second-order valence-electron chi connectivity index (χ2n) is 5.79. The molecule has 8 nitrogen and oxygen atoms in total. The Morgan fingerprint density at radius 2 is 1.84 bits per heavy atom. The van der Waals surface area contributed by atoms with Crippen LogP contribution < -0.4 is 5.32 Å². The zero-order valence-electron chi connectivity index (χ0n) is 14.0. The number of nitrogens with one attached hydrogen (secondary N) is 1. The lowest BCUT2D eigenvalue weighted by atomic mass is 10.1. The highest BCUT2D eigenvalue weighted by molar-refractivity contribution is 7.89. The zero-order chi connectivity index (χ0) is 18.4. The number of morpholine rings is 1. The van der Waals surface area contributed by atoms with Gasteiger partial charge >= 0.3 is 5.97 Å². The standard InChI is InChI=1S/C16H22N2O6S/c1-12(16(20)21)17-15(19)7-4-13-2-5-14(6-3-13)25(22,23)18-8-10-24-11-9-18/h2-3,5-6,12H,4,7-11H2,1H3,(H,17,19)(H,20,21)/t12-/m0/s1. The van der Waals surface area contributed by atoms with Crippen molar-refractivity contribution < 1.29 is 27.9 Å². The normalized spacial score (nSPS) is 17.0. The van der Waals surface area contributed by atoms with E-state index in [2.05, 4.69) is 5.32 Å². The third-order valence-electron chi connectivity index (χ3n) is 3.92. The summed E-state index contributed by atoms with van der Waals surface area (Å²) in [4.78, 5) is 22.6. The number of ether oxygens (including phenoxy) is 1. The van der Waals surface area contributed by atoms with Crippen molar-refractivity contribution in [3.05, 3.63) is 29.8 Å². The first-order valence-corrected chi connectivity index (χ1v) is 9.43. The van der Waals surface area contributed by atoms with Gasteiger partial charge in [0.25, 0.3) is 0 Å². The number of carbonyl (C=O) groups excluding carboxylic acids is 1. The van der Waals surface area contributed by atoms with Crippen LogP contribution in [0.3, 0.4) is 0 Å². The Labute approximate surface area is 146 Å². The molecule has 2 N–H and O–H groups in total. The van der Waals surface area contributed by atoms with E-state index in [1.165, 1.54) is 23.4 Å². The van der Waals surface area contributed by atoms with Gasteiger partial charge in [-0.2, -0.15) is 4.31 Å². The van der Waals surface area contributed by atoms with Crippen molar-refractivity contribution in [3.63, 3.8) is 0 Å². The summed E-state index contributed by atoms with van der Waals surface area (Å²) in [6, 6.07) is 5.45. The molecule has 9 heteroatoms. The summed E-state index contributed by atoms with van der Waals surface area (Å²) < 4.78 is 31.6. The third-order valence-corrected chi connectivity index (χ3v) is 5.83. The van der Waals surface area contributed by atoms with Gasteiger partial charge in [0.15, 0.2) is 0 Å². The van der Waals surface area contributed by atoms with Crippen molar-refractivity contribution in [1.29, 1.82) is 0 Å². The zero-order valence-corrected chi connectivity index (χ0v) is 14.8. The molecule has 0 radical (unpaired) electrons. The van der Waals surface area contributed by atoms with E-state index in [4.69, 9.17) is 9.84 Å². The summed E-state index contributed by atoms with van der Waals surface area (Å²) in [5.41, 5.74) is 0.805. The lowest BCUT2D eigenvalue weighted by molar-refractivity contribution is -0.141. The number of sulfonamides is 1. The van der Waals surface area contributed by atoms with Gasteiger partial charge in [0, 0.05) is 19.5 Å². The van der Waals surface area contributed by atoms with Gasteiger partial charge in [-0.15, -0.1) is 0 Å². The van der Waals surface area contributed by atoms with Crippen molar-refractivity contribution in [3.8, 4) is 0 Å². The van der Waals surface area contributed by atoms with E-state index in [-0.39, 0.29) is 17.2 Å². The van der Waals surface area contributed by atoms with Crippen LogP contribution in [-0.4, -0.2) is 62.1 Å². The van der Waals surface area contributed by atoms with Gasteiger partial charge in [-0.25, -0.2) is 8.42 Å². The average Bonchev–Trinajstić information content (AvgIpc) is 2.61. The summed E-state index contributed by atoms with van der Waals surface area (Å²) in [5.74, 6) is -1.45. The summed E-state index contributed by atoms with van der Waals surface area (Å²) in [5, 5.41) is 11.1. The van der Waals surface area contributed by atoms with Crippen LogP contribution in [0.5, 0.6) is 0 Å². The molecule has 1 aliphatic heterocycles. The number of aliphatic carboxylic acids is 1. The number of carboxylic acid groups (broad SMARTS) is 1. The number of aryl methyl sites for hydroxylation is 1. The maximum Gasteiger partial charge on any atom is 0.325 e. The molecule has 1 heterocycles. The van der Waals surface area contributed by atoms with E-state index in [0.717, 1.165) is 5.56 Å². The van der Waals surface area contributed by atoms with E-state index in [0.29, 0.717) is 32.7 Å². The van der Waals surface area contributed by atoms with Crippen molar-refractivity contribution >= 4 is 21.9 Å². The van der Waals surface area contributed by atoms with Gasteiger partial charge in [0.2, 0.25) is 15.9 Å². The summed E-state index contributed by atoms with van der Waals surface area (Å²) >= 11 is 0. The maximum absolute atomic E-state index is 12.5. The van der Waals surface area contributed by atoms with Crippen molar-refractivity contribution in [2.24, 2.45) is 0 Å². The summed E-state index contributed by atoms with van der Waals surface area (Å²) in [6.07, 6.45) is 0.531. The molecule has 1 saturated heterocycles. The van der Waals surface area contributed by atoms with Crippen LogP contribution in [0.15, 0.2) is 29.2 Å². The lowest BCUT2D eigenvalue weighted by Crippen LogP contribution is -2.40. The molecule has 1 aliphatic rings. The van der Waals surface area contributed by atoms with Crippen LogP contribution in [0.4, 0.5) is 0 Å². The van der Waals surface area contributed by atoms with Crippen LogP contribution in [-0.2, 0) is 30.8 Å². The van der Waals surface area contributed by atoms with Gasteiger partial charge in [-0.05, 0) is 31.0 Å².